The lowest BCUT2D eigenvalue weighted by Crippen LogP contribution is -2.41. The van der Waals surface area contributed by atoms with Gasteiger partial charge in [0.25, 0.3) is 5.91 Å². The molecule has 1 aliphatic rings. The largest absolute Gasteiger partial charge is 0.478 e. The summed E-state index contributed by atoms with van der Waals surface area (Å²) in [6.07, 6.45) is 8.76. The SMILES string of the molecule is CN(C(=O)c1cncc(/C=C/C(=O)O)c1)C1CCC1. The third-order valence-corrected chi connectivity index (χ3v) is 3.37. The average molecular weight is 260 g/mol. The number of aliphatic carboxylic acids is 1. The van der Waals surface area contributed by atoms with Crippen LogP contribution in [0.15, 0.2) is 24.5 Å². The molecule has 5 heteroatoms. The molecule has 1 N–H and O–H groups in total. The standard InChI is InChI=1S/C14H16N2O3/c1-16(12-3-2-4-12)14(19)11-7-10(8-15-9-11)5-6-13(17)18/h5-9,12H,2-4H2,1H3,(H,17,18)/b6-5+. The minimum atomic E-state index is -1.02. The third-order valence-electron chi connectivity index (χ3n) is 3.37. The van der Waals surface area contributed by atoms with E-state index in [9.17, 15) is 9.59 Å². The van der Waals surface area contributed by atoms with Gasteiger partial charge in [0.1, 0.15) is 0 Å². The van der Waals surface area contributed by atoms with Crippen LogP contribution in [0.4, 0.5) is 0 Å². The number of hydrogen-bond donors (Lipinski definition) is 1. The number of pyridine rings is 1. The van der Waals surface area contributed by atoms with Crippen LogP contribution in [0.25, 0.3) is 6.08 Å². The van der Waals surface area contributed by atoms with Crippen molar-refractivity contribution < 1.29 is 14.7 Å². The Hall–Kier alpha value is -2.17. The number of aromatic nitrogens is 1. The fourth-order valence-corrected chi connectivity index (χ4v) is 1.98. The number of carboxylic acids is 1. The van der Waals surface area contributed by atoms with Crippen molar-refractivity contribution in [1.29, 1.82) is 0 Å². The van der Waals surface area contributed by atoms with E-state index in [1.54, 1.807) is 18.0 Å². The Bertz CT molecular complexity index is 521. The Kier molecular flexibility index (Phi) is 3.94. The summed E-state index contributed by atoms with van der Waals surface area (Å²) in [6, 6.07) is 1.98. The molecule has 0 spiro atoms. The molecule has 1 heterocycles. The van der Waals surface area contributed by atoms with Crippen molar-refractivity contribution in [2.24, 2.45) is 0 Å². The van der Waals surface area contributed by atoms with Crippen molar-refractivity contribution in [2.75, 3.05) is 7.05 Å². The van der Waals surface area contributed by atoms with E-state index in [2.05, 4.69) is 4.98 Å². The number of rotatable bonds is 4. The average Bonchev–Trinajstić information content (AvgIpc) is 2.33. The van der Waals surface area contributed by atoms with Gasteiger partial charge in [0.05, 0.1) is 5.56 Å². The molecular weight excluding hydrogens is 244 g/mol. The van der Waals surface area contributed by atoms with Crippen molar-refractivity contribution in [1.82, 2.24) is 9.88 Å². The molecule has 0 unspecified atom stereocenters. The zero-order valence-electron chi connectivity index (χ0n) is 10.7. The molecule has 1 aliphatic carbocycles. The Morgan fingerprint density at radius 2 is 2.16 bits per heavy atom. The van der Waals surface area contributed by atoms with E-state index < -0.39 is 5.97 Å². The lowest BCUT2D eigenvalue weighted by atomic mass is 9.91. The van der Waals surface area contributed by atoms with E-state index >= 15 is 0 Å². The second kappa shape index (κ2) is 5.65. The first-order valence-corrected chi connectivity index (χ1v) is 6.21. The zero-order chi connectivity index (χ0) is 13.8. The monoisotopic (exact) mass is 260 g/mol. The quantitative estimate of drug-likeness (QED) is 0.838. The van der Waals surface area contributed by atoms with Crippen LogP contribution in [0.5, 0.6) is 0 Å². The summed E-state index contributed by atoms with van der Waals surface area (Å²) in [5.74, 6) is -1.09. The van der Waals surface area contributed by atoms with E-state index in [0.29, 0.717) is 17.2 Å². The van der Waals surface area contributed by atoms with Gasteiger partial charge in [-0.2, -0.15) is 0 Å². The molecule has 0 saturated heterocycles. The lowest BCUT2D eigenvalue weighted by molar-refractivity contribution is -0.131. The van der Waals surface area contributed by atoms with Crippen LogP contribution in [-0.4, -0.2) is 40.0 Å². The fourth-order valence-electron chi connectivity index (χ4n) is 1.98. The summed E-state index contributed by atoms with van der Waals surface area (Å²) >= 11 is 0. The van der Waals surface area contributed by atoms with Gasteiger partial charge in [0, 0.05) is 31.6 Å². The van der Waals surface area contributed by atoms with E-state index in [4.69, 9.17) is 5.11 Å². The second-order valence-electron chi connectivity index (χ2n) is 4.68. The maximum absolute atomic E-state index is 12.2. The minimum Gasteiger partial charge on any atom is -0.478 e. The van der Waals surface area contributed by atoms with Crippen LogP contribution in [0, 0.1) is 0 Å². The summed E-state index contributed by atoms with van der Waals surface area (Å²) in [5.41, 5.74) is 1.09. The molecule has 100 valence electrons. The number of nitrogens with zero attached hydrogens (tertiary/aromatic N) is 2. The molecule has 1 aromatic rings. The third kappa shape index (κ3) is 3.19. The van der Waals surface area contributed by atoms with E-state index in [1.165, 1.54) is 24.9 Å². The molecule has 0 bridgehead atoms. The van der Waals surface area contributed by atoms with Crippen LogP contribution in [0.2, 0.25) is 0 Å². The topological polar surface area (TPSA) is 70.5 Å². The summed E-state index contributed by atoms with van der Waals surface area (Å²) in [4.78, 5) is 28.4. The normalized spacial score (nSPS) is 15.2. The van der Waals surface area contributed by atoms with Gasteiger partial charge in [0.2, 0.25) is 0 Å². The number of carboxylic acid groups (broad SMARTS) is 1. The van der Waals surface area contributed by atoms with Gasteiger partial charge in [-0.15, -0.1) is 0 Å². The van der Waals surface area contributed by atoms with E-state index in [0.717, 1.165) is 18.9 Å². The van der Waals surface area contributed by atoms with Crippen LogP contribution in [0.3, 0.4) is 0 Å². The predicted octanol–water partition coefficient (Wildman–Crippen LogP) is 1.80. The first kappa shape index (κ1) is 13.3. The van der Waals surface area contributed by atoms with Crippen molar-refractivity contribution >= 4 is 18.0 Å². The number of amides is 1. The van der Waals surface area contributed by atoms with Gasteiger partial charge in [-0.1, -0.05) is 0 Å². The second-order valence-corrected chi connectivity index (χ2v) is 4.68. The molecule has 0 atom stereocenters. The van der Waals surface area contributed by atoms with Crippen LogP contribution >= 0.6 is 0 Å². The molecule has 0 aromatic carbocycles. The van der Waals surface area contributed by atoms with Crippen molar-refractivity contribution in [3.05, 3.63) is 35.7 Å². The molecule has 0 aliphatic heterocycles. The first-order valence-electron chi connectivity index (χ1n) is 6.21. The maximum Gasteiger partial charge on any atom is 0.328 e. The fraction of sp³-hybridized carbons (Fsp3) is 0.357. The summed E-state index contributed by atoms with van der Waals surface area (Å²) in [7, 11) is 1.80. The van der Waals surface area contributed by atoms with Gasteiger partial charge < -0.3 is 10.0 Å². The zero-order valence-corrected chi connectivity index (χ0v) is 10.7. The highest BCUT2D eigenvalue weighted by Gasteiger charge is 2.26. The lowest BCUT2D eigenvalue weighted by Gasteiger charge is -2.34. The number of carbonyl (C=O) groups is 2. The molecule has 2 rings (SSSR count). The smallest absolute Gasteiger partial charge is 0.328 e. The van der Waals surface area contributed by atoms with Crippen LogP contribution in [0.1, 0.15) is 35.2 Å². The Morgan fingerprint density at radius 1 is 1.42 bits per heavy atom. The molecule has 1 saturated carbocycles. The first-order chi connectivity index (χ1) is 9.08. The van der Waals surface area contributed by atoms with Gasteiger partial charge >= 0.3 is 5.97 Å². The summed E-state index contributed by atoms with van der Waals surface area (Å²) in [5, 5.41) is 8.57. The highest BCUT2D eigenvalue weighted by Crippen LogP contribution is 2.24. The van der Waals surface area contributed by atoms with Crippen molar-refractivity contribution in [3.8, 4) is 0 Å². The molecular formula is C14H16N2O3. The van der Waals surface area contributed by atoms with Gasteiger partial charge in [-0.3, -0.25) is 9.78 Å². The van der Waals surface area contributed by atoms with Crippen LogP contribution in [-0.2, 0) is 4.79 Å². The predicted molar refractivity (Wildman–Crippen MR) is 70.6 cm³/mol. The maximum atomic E-state index is 12.2. The molecule has 19 heavy (non-hydrogen) atoms. The highest BCUT2D eigenvalue weighted by atomic mass is 16.4. The molecule has 0 radical (unpaired) electrons. The minimum absolute atomic E-state index is 0.0669. The van der Waals surface area contributed by atoms with E-state index in [-0.39, 0.29) is 5.91 Å². The van der Waals surface area contributed by atoms with Gasteiger partial charge in [-0.25, -0.2) is 4.79 Å². The Labute approximate surface area is 111 Å². The summed E-state index contributed by atoms with van der Waals surface area (Å²) < 4.78 is 0. The van der Waals surface area contributed by atoms with Crippen molar-refractivity contribution in [3.63, 3.8) is 0 Å². The number of carbonyl (C=O) groups excluding carboxylic acids is 1. The molecule has 1 amide bonds. The van der Waals surface area contributed by atoms with Gasteiger partial charge in [-0.05, 0) is 37.0 Å². The molecule has 1 aromatic heterocycles. The van der Waals surface area contributed by atoms with E-state index in [1.807, 2.05) is 0 Å². The van der Waals surface area contributed by atoms with Gasteiger partial charge in [0.15, 0.2) is 0 Å². The molecule has 1 fully saturated rings. The Balaban J connectivity index is 2.13. The van der Waals surface area contributed by atoms with Crippen LogP contribution < -0.4 is 0 Å². The molecule has 5 nitrogen and oxygen atoms in total. The van der Waals surface area contributed by atoms with Crippen molar-refractivity contribution in [2.45, 2.75) is 25.3 Å². The highest BCUT2D eigenvalue weighted by molar-refractivity contribution is 5.95. The number of hydrogen-bond acceptors (Lipinski definition) is 3. The summed E-state index contributed by atoms with van der Waals surface area (Å²) in [6.45, 7) is 0. The Morgan fingerprint density at radius 3 is 2.74 bits per heavy atom.